The van der Waals surface area contributed by atoms with Crippen molar-refractivity contribution in [1.29, 1.82) is 0 Å². The average Bonchev–Trinajstić information content (AvgIpc) is 3.38. The van der Waals surface area contributed by atoms with Gasteiger partial charge in [0.2, 0.25) is 11.9 Å². The van der Waals surface area contributed by atoms with Gasteiger partial charge in [0.1, 0.15) is 5.82 Å². The van der Waals surface area contributed by atoms with Crippen LogP contribution in [-0.4, -0.2) is 76.3 Å². The Morgan fingerprint density at radius 2 is 1.98 bits per heavy atom. The van der Waals surface area contributed by atoms with Crippen LogP contribution in [-0.2, 0) is 4.79 Å². The second-order valence-electron chi connectivity index (χ2n) is 10.2. The molecule has 5 rings (SSSR count). The number of aromatic amines is 1. The van der Waals surface area contributed by atoms with E-state index in [1.807, 2.05) is 49.5 Å². The molecule has 3 heterocycles. The summed E-state index contributed by atoms with van der Waals surface area (Å²) in [5, 5.41) is 7.45. The van der Waals surface area contributed by atoms with Crippen LogP contribution in [0.5, 0.6) is 0 Å². The number of likely N-dealkylation sites (tertiary alicyclic amines) is 1. The van der Waals surface area contributed by atoms with E-state index < -0.39 is 5.82 Å². The first-order valence-corrected chi connectivity index (χ1v) is 13.7. The van der Waals surface area contributed by atoms with Crippen molar-refractivity contribution < 1.29 is 14.0 Å². The Morgan fingerprint density at radius 1 is 1.20 bits per heavy atom. The normalized spacial score (nSPS) is 14.2. The summed E-state index contributed by atoms with van der Waals surface area (Å²) in [7, 11) is 3.78. The highest BCUT2D eigenvalue weighted by Crippen LogP contribution is 2.32. The lowest BCUT2D eigenvalue weighted by atomic mass is 10.0. The largest absolute Gasteiger partial charge is 0.360 e. The summed E-state index contributed by atoms with van der Waals surface area (Å²) in [4.78, 5) is 40.9. The number of benzene rings is 2. The molecule has 1 aliphatic heterocycles. The predicted octanol–water partition coefficient (Wildman–Crippen LogP) is 5.19. The van der Waals surface area contributed by atoms with Crippen LogP contribution in [0.3, 0.4) is 0 Å². The second kappa shape index (κ2) is 12.5. The van der Waals surface area contributed by atoms with E-state index >= 15 is 0 Å². The number of nitrogens with one attached hydrogen (secondary N) is 3. The van der Waals surface area contributed by atoms with Gasteiger partial charge in [-0.15, -0.1) is 0 Å². The first kappa shape index (κ1) is 28.3. The summed E-state index contributed by atoms with van der Waals surface area (Å²) < 4.78 is 14.8. The third-order valence-electron chi connectivity index (χ3n) is 6.91. The first-order valence-electron chi connectivity index (χ1n) is 13.3. The molecule has 41 heavy (non-hydrogen) atoms. The minimum Gasteiger partial charge on any atom is -0.360 e. The summed E-state index contributed by atoms with van der Waals surface area (Å²) in [6.45, 7) is 1.52. The first-order chi connectivity index (χ1) is 19.8. The molecule has 1 aliphatic rings. The van der Waals surface area contributed by atoms with Crippen LogP contribution in [0.1, 0.15) is 23.2 Å². The van der Waals surface area contributed by atoms with Gasteiger partial charge >= 0.3 is 0 Å². The van der Waals surface area contributed by atoms with E-state index in [2.05, 4.69) is 25.6 Å². The van der Waals surface area contributed by atoms with E-state index in [4.69, 9.17) is 11.6 Å². The number of amides is 2. The number of para-hydroxylation sites is 1. The molecule has 0 radical (unpaired) electrons. The number of nitrogens with zero attached hydrogens (tertiary/aromatic N) is 4. The Bertz CT molecular complexity index is 1600. The molecule has 1 saturated heterocycles. The van der Waals surface area contributed by atoms with E-state index in [9.17, 15) is 14.0 Å². The maximum absolute atomic E-state index is 14.8. The molecule has 0 unspecified atom stereocenters. The van der Waals surface area contributed by atoms with Crippen LogP contribution in [0.25, 0.3) is 22.2 Å². The van der Waals surface area contributed by atoms with Gasteiger partial charge in [-0.3, -0.25) is 9.59 Å². The van der Waals surface area contributed by atoms with Gasteiger partial charge in [-0.25, -0.2) is 14.4 Å². The molecule has 4 aromatic rings. The van der Waals surface area contributed by atoms with Gasteiger partial charge < -0.3 is 25.4 Å². The van der Waals surface area contributed by atoms with Crippen molar-refractivity contribution in [2.45, 2.75) is 18.9 Å². The Kier molecular flexibility index (Phi) is 8.61. The lowest BCUT2D eigenvalue weighted by Gasteiger charge is -2.32. The number of H-pyrrole nitrogens is 1. The Hall–Kier alpha value is -4.28. The molecular formula is C30H31ClFN7O2. The number of rotatable bonds is 8. The molecule has 9 nitrogen and oxygen atoms in total. The molecule has 0 spiro atoms. The maximum atomic E-state index is 14.8. The maximum Gasteiger partial charge on any atom is 0.256 e. The van der Waals surface area contributed by atoms with Gasteiger partial charge in [0.25, 0.3) is 5.91 Å². The number of piperidine rings is 1. The van der Waals surface area contributed by atoms with Crippen molar-refractivity contribution in [3.8, 4) is 11.3 Å². The van der Waals surface area contributed by atoms with Crippen molar-refractivity contribution in [1.82, 2.24) is 24.8 Å². The third kappa shape index (κ3) is 6.72. The predicted molar refractivity (Wildman–Crippen MR) is 160 cm³/mol. The molecule has 0 atom stereocenters. The standard InChI is InChI=1S/C30H31ClFN7O2/c1-38(2)13-5-8-27(40)35-20-9-10-22(25(32)16-20)29(41)39-14-11-19(12-15-39)36-30-34-18-24(31)28(37-30)23-17-33-26-7-4-3-6-21(23)26/h3-10,16-19,33H,11-15H2,1-2H3,(H,35,40)(H,34,36,37). The molecule has 11 heteroatoms. The van der Waals surface area contributed by atoms with Crippen molar-refractivity contribution in [3.63, 3.8) is 0 Å². The van der Waals surface area contributed by atoms with Crippen LogP contribution in [0.4, 0.5) is 16.0 Å². The lowest BCUT2D eigenvalue weighted by molar-refractivity contribution is -0.111. The summed E-state index contributed by atoms with van der Waals surface area (Å²) >= 11 is 6.45. The number of anilines is 2. The number of halogens is 2. The SMILES string of the molecule is CN(C)CC=CC(=O)Nc1ccc(C(=O)N2CCC(Nc3ncc(Cl)c(-c4c[nH]c5ccccc45)n3)CC2)c(F)c1. The van der Waals surface area contributed by atoms with Gasteiger partial charge in [0.05, 0.1) is 22.5 Å². The highest BCUT2D eigenvalue weighted by Gasteiger charge is 2.26. The monoisotopic (exact) mass is 575 g/mol. The van der Waals surface area contributed by atoms with Gasteiger partial charge in [-0.1, -0.05) is 35.9 Å². The van der Waals surface area contributed by atoms with Crippen molar-refractivity contribution in [2.24, 2.45) is 0 Å². The fraction of sp³-hybridized carbons (Fsp3) is 0.267. The molecule has 0 bridgehead atoms. The third-order valence-corrected chi connectivity index (χ3v) is 7.19. The van der Waals surface area contributed by atoms with E-state index in [0.29, 0.717) is 49.1 Å². The Labute approximate surface area is 242 Å². The zero-order valence-corrected chi connectivity index (χ0v) is 23.6. The molecule has 2 aromatic carbocycles. The molecular weight excluding hydrogens is 545 g/mol. The van der Waals surface area contributed by atoms with Crippen LogP contribution in [0, 0.1) is 5.82 Å². The zero-order chi connectivity index (χ0) is 28.9. The van der Waals surface area contributed by atoms with Crippen LogP contribution >= 0.6 is 11.6 Å². The van der Waals surface area contributed by atoms with Gasteiger partial charge in [0.15, 0.2) is 0 Å². The second-order valence-corrected chi connectivity index (χ2v) is 10.6. The number of carbonyl (C=O) groups excluding carboxylic acids is 2. The Balaban J connectivity index is 1.18. The fourth-order valence-electron chi connectivity index (χ4n) is 4.79. The van der Waals surface area contributed by atoms with Crippen molar-refractivity contribution in [2.75, 3.05) is 44.4 Å². The van der Waals surface area contributed by atoms with E-state index in [0.717, 1.165) is 16.5 Å². The minimum atomic E-state index is -0.676. The number of hydrogen-bond donors (Lipinski definition) is 3. The number of carbonyl (C=O) groups is 2. The summed E-state index contributed by atoms with van der Waals surface area (Å²) in [6, 6.07) is 12.1. The number of likely N-dealkylation sites (N-methyl/N-ethyl adjacent to an activating group) is 1. The van der Waals surface area contributed by atoms with E-state index in [-0.39, 0.29) is 29.1 Å². The van der Waals surface area contributed by atoms with Gasteiger partial charge in [-0.2, -0.15) is 0 Å². The van der Waals surface area contributed by atoms with Crippen LogP contribution in [0.15, 0.2) is 67.0 Å². The van der Waals surface area contributed by atoms with Crippen LogP contribution in [0.2, 0.25) is 5.02 Å². The smallest absolute Gasteiger partial charge is 0.256 e. The minimum absolute atomic E-state index is 0.0260. The van der Waals surface area contributed by atoms with Gasteiger partial charge in [0, 0.05) is 60.1 Å². The van der Waals surface area contributed by atoms with E-state index in [1.165, 1.54) is 24.3 Å². The fourth-order valence-corrected chi connectivity index (χ4v) is 4.99. The summed E-state index contributed by atoms with van der Waals surface area (Å²) in [6.07, 6.45) is 7.87. The molecule has 2 amide bonds. The number of aromatic nitrogens is 3. The highest BCUT2D eigenvalue weighted by molar-refractivity contribution is 6.33. The molecule has 1 fully saturated rings. The summed E-state index contributed by atoms with van der Waals surface area (Å²) in [5.74, 6) is -0.961. The average molecular weight is 576 g/mol. The quantitative estimate of drug-likeness (QED) is 0.250. The molecule has 212 valence electrons. The van der Waals surface area contributed by atoms with Crippen LogP contribution < -0.4 is 10.6 Å². The van der Waals surface area contributed by atoms with Gasteiger partial charge in [-0.05, 0) is 51.2 Å². The van der Waals surface area contributed by atoms with Crippen molar-refractivity contribution in [3.05, 3.63) is 83.4 Å². The summed E-state index contributed by atoms with van der Waals surface area (Å²) in [5.41, 5.74) is 2.78. The topological polar surface area (TPSA) is 106 Å². The zero-order valence-electron chi connectivity index (χ0n) is 22.8. The van der Waals surface area contributed by atoms with E-state index in [1.54, 1.807) is 17.2 Å². The molecule has 0 saturated carbocycles. The lowest BCUT2D eigenvalue weighted by Crippen LogP contribution is -2.42. The number of hydrogen-bond acceptors (Lipinski definition) is 6. The highest BCUT2D eigenvalue weighted by atomic mass is 35.5. The molecule has 0 aliphatic carbocycles. The molecule has 2 aromatic heterocycles. The number of fused-ring (bicyclic) bond motifs is 1. The Morgan fingerprint density at radius 3 is 2.73 bits per heavy atom. The van der Waals surface area contributed by atoms with Crippen molar-refractivity contribution >= 4 is 46.0 Å². The molecule has 3 N–H and O–H groups in total.